The number of hydrogen-bond donors (Lipinski definition) is 0. The van der Waals surface area contributed by atoms with E-state index in [0.29, 0.717) is 11.7 Å². The van der Waals surface area contributed by atoms with Gasteiger partial charge in [-0.05, 0) is 23.6 Å². The first-order valence-corrected chi connectivity index (χ1v) is 5.32. The van der Waals surface area contributed by atoms with Gasteiger partial charge in [0, 0.05) is 0 Å². The standard InChI is InChI=1S/C13H18O2/c1-9(2)11-5-7-12(8-6-11)15-13(14)10(3)4/h5-10H,1-4H3. The average molecular weight is 206 g/mol. The van der Waals surface area contributed by atoms with Crippen molar-refractivity contribution in [2.75, 3.05) is 0 Å². The number of benzene rings is 1. The van der Waals surface area contributed by atoms with Gasteiger partial charge in [-0.25, -0.2) is 0 Å². The molecule has 2 heteroatoms. The number of hydrogen-bond acceptors (Lipinski definition) is 2. The molecule has 0 heterocycles. The predicted octanol–water partition coefficient (Wildman–Crippen LogP) is 3.37. The summed E-state index contributed by atoms with van der Waals surface area (Å²) in [6, 6.07) is 7.67. The minimum atomic E-state index is -0.188. The summed E-state index contributed by atoms with van der Waals surface area (Å²) >= 11 is 0. The van der Waals surface area contributed by atoms with E-state index in [9.17, 15) is 4.79 Å². The summed E-state index contributed by atoms with van der Waals surface area (Å²) in [7, 11) is 0. The van der Waals surface area contributed by atoms with Crippen molar-refractivity contribution >= 4 is 5.97 Å². The first kappa shape index (κ1) is 11.8. The van der Waals surface area contributed by atoms with Gasteiger partial charge >= 0.3 is 5.97 Å². The number of ether oxygens (including phenoxy) is 1. The molecule has 0 amide bonds. The molecule has 0 N–H and O–H groups in total. The van der Waals surface area contributed by atoms with Gasteiger partial charge in [-0.1, -0.05) is 39.8 Å². The number of rotatable bonds is 3. The highest BCUT2D eigenvalue weighted by atomic mass is 16.5. The van der Waals surface area contributed by atoms with Crippen LogP contribution in [0.1, 0.15) is 39.2 Å². The molecule has 0 fully saturated rings. The summed E-state index contributed by atoms with van der Waals surface area (Å²) in [6.45, 7) is 7.92. The van der Waals surface area contributed by atoms with Gasteiger partial charge in [-0.15, -0.1) is 0 Å². The second-order valence-electron chi connectivity index (χ2n) is 4.30. The lowest BCUT2D eigenvalue weighted by atomic mass is 10.0. The Morgan fingerprint density at radius 1 is 1.07 bits per heavy atom. The molecule has 0 aromatic heterocycles. The van der Waals surface area contributed by atoms with Crippen LogP contribution >= 0.6 is 0 Å². The van der Waals surface area contributed by atoms with Crippen LogP contribution in [0.2, 0.25) is 0 Å². The Labute approximate surface area is 91.3 Å². The Bertz CT molecular complexity index is 323. The second-order valence-corrected chi connectivity index (χ2v) is 4.30. The van der Waals surface area contributed by atoms with E-state index in [4.69, 9.17) is 4.74 Å². The Hall–Kier alpha value is -1.31. The van der Waals surface area contributed by atoms with Crippen molar-refractivity contribution in [1.82, 2.24) is 0 Å². The summed E-state index contributed by atoms with van der Waals surface area (Å²) < 4.78 is 5.17. The maximum Gasteiger partial charge on any atom is 0.313 e. The van der Waals surface area contributed by atoms with E-state index in [0.717, 1.165) is 0 Å². The highest BCUT2D eigenvalue weighted by Gasteiger charge is 2.09. The fourth-order valence-electron chi connectivity index (χ4n) is 1.15. The van der Waals surface area contributed by atoms with Gasteiger partial charge in [0.1, 0.15) is 5.75 Å². The smallest absolute Gasteiger partial charge is 0.313 e. The van der Waals surface area contributed by atoms with Gasteiger partial charge in [0.25, 0.3) is 0 Å². The third kappa shape index (κ3) is 3.39. The largest absolute Gasteiger partial charge is 0.426 e. The molecule has 0 radical (unpaired) electrons. The van der Waals surface area contributed by atoms with E-state index < -0.39 is 0 Å². The molecule has 2 nitrogen and oxygen atoms in total. The summed E-state index contributed by atoms with van der Waals surface area (Å²) in [4.78, 5) is 11.3. The average Bonchev–Trinajstić information content (AvgIpc) is 2.18. The third-order valence-corrected chi connectivity index (χ3v) is 2.24. The minimum absolute atomic E-state index is 0.0882. The van der Waals surface area contributed by atoms with Gasteiger partial charge in [0.05, 0.1) is 5.92 Å². The quantitative estimate of drug-likeness (QED) is 0.560. The van der Waals surface area contributed by atoms with Crippen LogP contribution in [0.4, 0.5) is 0 Å². The predicted molar refractivity (Wildman–Crippen MR) is 61.0 cm³/mol. The van der Waals surface area contributed by atoms with Gasteiger partial charge in [-0.3, -0.25) is 4.79 Å². The van der Waals surface area contributed by atoms with Crippen LogP contribution in [-0.2, 0) is 4.79 Å². The molecule has 0 unspecified atom stereocenters. The Balaban J connectivity index is 2.69. The van der Waals surface area contributed by atoms with Crippen LogP contribution in [0.5, 0.6) is 5.75 Å². The molecule has 0 aliphatic heterocycles. The van der Waals surface area contributed by atoms with Crippen molar-refractivity contribution < 1.29 is 9.53 Å². The minimum Gasteiger partial charge on any atom is -0.426 e. The summed E-state index contributed by atoms with van der Waals surface area (Å²) in [5.41, 5.74) is 1.25. The zero-order valence-corrected chi connectivity index (χ0v) is 9.78. The molecule has 0 bridgehead atoms. The lowest BCUT2D eigenvalue weighted by Gasteiger charge is -2.08. The van der Waals surface area contributed by atoms with Crippen molar-refractivity contribution in [2.24, 2.45) is 5.92 Å². The van der Waals surface area contributed by atoms with Crippen molar-refractivity contribution in [3.05, 3.63) is 29.8 Å². The molecule has 0 saturated carbocycles. The van der Waals surface area contributed by atoms with E-state index in [1.54, 1.807) is 0 Å². The zero-order valence-electron chi connectivity index (χ0n) is 9.78. The lowest BCUT2D eigenvalue weighted by Crippen LogP contribution is -2.14. The first-order valence-electron chi connectivity index (χ1n) is 5.32. The summed E-state index contributed by atoms with van der Waals surface area (Å²) in [5.74, 6) is 0.847. The molecular formula is C13H18O2. The number of carbonyl (C=O) groups excluding carboxylic acids is 1. The van der Waals surface area contributed by atoms with E-state index in [1.807, 2.05) is 38.1 Å². The molecule has 1 aromatic carbocycles. The third-order valence-electron chi connectivity index (χ3n) is 2.24. The Kier molecular flexibility index (Phi) is 3.89. The number of carbonyl (C=O) groups is 1. The van der Waals surface area contributed by atoms with Crippen LogP contribution in [0.3, 0.4) is 0 Å². The van der Waals surface area contributed by atoms with Crippen molar-refractivity contribution in [3.8, 4) is 5.75 Å². The van der Waals surface area contributed by atoms with Crippen LogP contribution in [0.15, 0.2) is 24.3 Å². The maximum absolute atomic E-state index is 11.3. The topological polar surface area (TPSA) is 26.3 Å². The van der Waals surface area contributed by atoms with Crippen molar-refractivity contribution in [1.29, 1.82) is 0 Å². The van der Waals surface area contributed by atoms with E-state index in [1.165, 1.54) is 5.56 Å². The van der Waals surface area contributed by atoms with E-state index in [2.05, 4.69) is 13.8 Å². The van der Waals surface area contributed by atoms with Crippen LogP contribution in [0.25, 0.3) is 0 Å². The molecule has 1 rings (SSSR count). The molecule has 15 heavy (non-hydrogen) atoms. The highest BCUT2D eigenvalue weighted by Crippen LogP contribution is 2.19. The normalized spacial score (nSPS) is 10.8. The first-order chi connectivity index (χ1) is 7.00. The number of esters is 1. The maximum atomic E-state index is 11.3. The second kappa shape index (κ2) is 4.96. The molecule has 0 saturated heterocycles. The molecule has 0 spiro atoms. The van der Waals surface area contributed by atoms with E-state index >= 15 is 0 Å². The fourth-order valence-corrected chi connectivity index (χ4v) is 1.15. The van der Waals surface area contributed by atoms with Crippen molar-refractivity contribution in [3.63, 3.8) is 0 Å². The van der Waals surface area contributed by atoms with Crippen LogP contribution < -0.4 is 4.74 Å². The van der Waals surface area contributed by atoms with E-state index in [-0.39, 0.29) is 11.9 Å². The van der Waals surface area contributed by atoms with Gasteiger partial charge < -0.3 is 4.74 Å². The molecule has 0 atom stereocenters. The molecule has 1 aromatic rings. The van der Waals surface area contributed by atoms with Gasteiger partial charge in [-0.2, -0.15) is 0 Å². The molecule has 0 aliphatic carbocycles. The monoisotopic (exact) mass is 206 g/mol. The molecular weight excluding hydrogens is 188 g/mol. The Morgan fingerprint density at radius 3 is 2.00 bits per heavy atom. The highest BCUT2D eigenvalue weighted by molar-refractivity contribution is 5.74. The van der Waals surface area contributed by atoms with Gasteiger partial charge in [0.2, 0.25) is 0 Å². The summed E-state index contributed by atoms with van der Waals surface area (Å²) in [6.07, 6.45) is 0. The lowest BCUT2D eigenvalue weighted by molar-refractivity contribution is -0.137. The van der Waals surface area contributed by atoms with Crippen LogP contribution in [0, 0.1) is 5.92 Å². The summed E-state index contributed by atoms with van der Waals surface area (Å²) in [5, 5.41) is 0. The fraction of sp³-hybridized carbons (Fsp3) is 0.462. The zero-order chi connectivity index (χ0) is 11.4. The molecule has 0 aliphatic rings. The van der Waals surface area contributed by atoms with Crippen molar-refractivity contribution in [2.45, 2.75) is 33.6 Å². The van der Waals surface area contributed by atoms with Gasteiger partial charge in [0.15, 0.2) is 0 Å². The van der Waals surface area contributed by atoms with Crippen LogP contribution in [-0.4, -0.2) is 5.97 Å². The molecule has 82 valence electrons. The Morgan fingerprint density at radius 2 is 1.60 bits per heavy atom. The SMILES string of the molecule is CC(C)C(=O)Oc1ccc(C(C)C)cc1.